The van der Waals surface area contributed by atoms with Gasteiger partial charge in [-0.15, -0.1) is 0 Å². The summed E-state index contributed by atoms with van der Waals surface area (Å²) in [6, 6.07) is 5.72. The molecule has 2 aromatic rings. The third kappa shape index (κ3) is 6.63. The van der Waals surface area contributed by atoms with Crippen LogP contribution in [0.4, 0.5) is 0 Å². The van der Waals surface area contributed by atoms with Crippen LogP contribution in [-0.2, 0) is 3.79 Å². The molecule has 0 atom stereocenters. The van der Waals surface area contributed by atoms with Crippen LogP contribution < -0.4 is 9.47 Å². The van der Waals surface area contributed by atoms with Crippen molar-refractivity contribution >= 4 is 47.0 Å². The topological polar surface area (TPSA) is 57.1 Å². The first-order valence-electron chi connectivity index (χ1n) is 8.27. The summed E-state index contributed by atoms with van der Waals surface area (Å²) in [6.45, 7) is 5.39. The maximum absolute atomic E-state index is 5.81. The molecule has 140 valence electrons. The molecule has 0 aliphatic carbocycles. The molecular weight excluding hydrogens is 397 g/mol. The van der Waals surface area contributed by atoms with Crippen LogP contribution in [-0.4, -0.2) is 28.2 Å². The van der Waals surface area contributed by atoms with E-state index in [0.29, 0.717) is 19.0 Å². The number of halogens is 3. The molecular formula is C18H20Cl3N3O2. The maximum atomic E-state index is 5.81. The van der Waals surface area contributed by atoms with Gasteiger partial charge >= 0.3 is 0 Å². The van der Waals surface area contributed by atoms with Gasteiger partial charge in [0.25, 0.3) is 0 Å². The minimum Gasteiger partial charge on any atom is -0.493 e. The predicted molar refractivity (Wildman–Crippen MR) is 106 cm³/mol. The second-order valence-corrected chi connectivity index (χ2v) is 7.71. The number of ether oxygens (including phenoxy) is 2. The number of alkyl halides is 3. The van der Waals surface area contributed by atoms with Gasteiger partial charge in [-0.3, -0.25) is 0 Å². The largest absolute Gasteiger partial charge is 0.493 e. The van der Waals surface area contributed by atoms with Gasteiger partial charge in [-0.05, 0) is 36.6 Å². The molecule has 0 fully saturated rings. The smallest absolute Gasteiger partial charge is 0.250 e. The minimum atomic E-state index is -1.69. The summed E-state index contributed by atoms with van der Waals surface area (Å²) in [5, 5.41) is 0. The monoisotopic (exact) mass is 415 g/mol. The van der Waals surface area contributed by atoms with Gasteiger partial charge in [-0.2, -0.15) is 0 Å². The molecule has 0 radical (unpaired) electrons. The Morgan fingerprint density at radius 2 is 1.54 bits per heavy atom. The van der Waals surface area contributed by atoms with E-state index in [1.165, 1.54) is 6.33 Å². The number of aromatic nitrogens is 3. The van der Waals surface area contributed by atoms with Crippen molar-refractivity contribution in [3.63, 3.8) is 0 Å². The van der Waals surface area contributed by atoms with E-state index in [9.17, 15) is 0 Å². The highest BCUT2D eigenvalue weighted by atomic mass is 35.6. The Morgan fingerprint density at radius 3 is 2.08 bits per heavy atom. The molecule has 0 saturated heterocycles. The Kier molecular flexibility index (Phi) is 7.94. The third-order valence-corrected chi connectivity index (χ3v) is 3.62. The van der Waals surface area contributed by atoms with Crippen LogP contribution in [0.15, 0.2) is 24.5 Å². The SMILES string of the molecule is CCCOc1cc(C=Cc2ncnc(C(Cl)(Cl)Cl)n2)cc(OCCC)c1. The van der Waals surface area contributed by atoms with Crippen molar-refractivity contribution in [1.82, 2.24) is 15.0 Å². The lowest BCUT2D eigenvalue weighted by molar-refractivity contribution is 0.301. The molecule has 0 saturated carbocycles. The second kappa shape index (κ2) is 9.95. The molecule has 0 aliphatic heterocycles. The number of nitrogens with zero attached hydrogens (tertiary/aromatic N) is 3. The van der Waals surface area contributed by atoms with E-state index in [2.05, 4.69) is 28.8 Å². The number of hydrogen-bond donors (Lipinski definition) is 0. The van der Waals surface area contributed by atoms with Crippen molar-refractivity contribution < 1.29 is 9.47 Å². The number of benzene rings is 1. The van der Waals surface area contributed by atoms with Crippen molar-refractivity contribution in [2.45, 2.75) is 30.5 Å². The summed E-state index contributed by atoms with van der Waals surface area (Å²) >= 11 is 17.4. The summed E-state index contributed by atoms with van der Waals surface area (Å²) in [5.41, 5.74) is 0.889. The Balaban J connectivity index is 2.25. The fourth-order valence-electron chi connectivity index (χ4n) is 1.99. The molecule has 0 aliphatic rings. The van der Waals surface area contributed by atoms with Crippen LogP contribution in [0.2, 0.25) is 0 Å². The van der Waals surface area contributed by atoms with Gasteiger partial charge in [0.15, 0.2) is 11.6 Å². The number of rotatable bonds is 8. The maximum Gasteiger partial charge on any atom is 0.250 e. The van der Waals surface area contributed by atoms with Gasteiger partial charge in [-0.1, -0.05) is 54.7 Å². The molecule has 0 amide bonds. The van der Waals surface area contributed by atoms with Gasteiger partial charge in [0.2, 0.25) is 3.79 Å². The number of hydrogen-bond acceptors (Lipinski definition) is 5. The molecule has 5 nitrogen and oxygen atoms in total. The first kappa shape index (κ1) is 20.7. The van der Waals surface area contributed by atoms with Crippen LogP contribution in [0.3, 0.4) is 0 Å². The van der Waals surface area contributed by atoms with Crippen LogP contribution in [0, 0.1) is 0 Å². The molecule has 1 heterocycles. The van der Waals surface area contributed by atoms with E-state index in [4.69, 9.17) is 44.3 Å². The van der Waals surface area contributed by atoms with Crippen LogP contribution in [0.1, 0.15) is 43.9 Å². The van der Waals surface area contributed by atoms with Gasteiger partial charge in [0.1, 0.15) is 17.8 Å². The normalized spacial score (nSPS) is 11.7. The fraction of sp³-hybridized carbons (Fsp3) is 0.389. The predicted octanol–water partition coefficient (Wildman–Crippen LogP) is 5.45. The van der Waals surface area contributed by atoms with Crippen molar-refractivity contribution in [2.24, 2.45) is 0 Å². The van der Waals surface area contributed by atoms with E-state index in [0.717, 1.165) is 29.9 Å². The summed E-state index contributed by atoms with van der Waals surface area (Å²) in [5.74, 6) is 1.96. The third-order valence-electron chi connectivity index (χ3n) is 3.12. The Labute approximate surface area is 168 Å². The fourth-order valence-corrected chi connectivity index (χ4v) is 2.27. The van der Waals surface area contributed by atoms with E-state index in [1.807, 2.05) is 24.3 Å². The van der Waals surface area contributed by atoms with Crippen molar-refractivity contribution in [1.29, 1.82) is 0 Å². The summed E-state index contributed by atoms with van der Waals surface area (Å²) in [6.07, 6.45) is 6.71. The molecule has 0 spiro atoms. The van der Waals surface area contributed by atoms with Gasteiger partial charge in [0.05, 0.1) is 13.2 Å². The zero-order valence-electron chi connectivity index (χ0n) is 14.6. The summed E-state index contributed by atoms with van der Waals surface area (Å²) in [7, 11) is 0. The highest BCUT2D eigenvalue weighted by Gasteiger charge is 2.26. The molecule has 26 heavy (non-hydrogen) atoms. The van der Waals surface area contributed by atoms with Gasteiger partial charge < -0.3 is 9.47 Å². The molecule has 2 rings (SSSR count). The quantitative estimate of drug-likeness (QED) is 0.536. The lowest BCUT2D eigenvalue weighted by Gasteiger charge is -2.10. The molecule has 1 aromatic heterocycles. The van der Waals surface area contributed by atoms with Gasteiger partial charge in [0, 0.05) is 6.07 Å². The average molecular weight is 417 g/mol. The van der Waals surface area contributed by atoms with E-state index in [1.54, 1.807) is 6.08 Å². The highest BCUT2D eigenvalue weighted by molar-refractivity contribution is 6.66. The summed E-state index contributed by atoms with van der Waals surface area (Å²) < 4.78 is 9.76. The van der Waals surface area contributed by atoms with Crippen molar-refractivity contribution in [3.05, 3.63) is 41.7 Å². The molecule has 1 aromatic carbocycles. The zero-order chi connectivity index (χ0) is 19.0. The minimum absolute atomic E-state index is 0.0733. The average Bonchev–Trinajstić information content (AvgIpc) is 2.62. The van der Waals surface area contributed by atoms with Crippen molar-refractivity contribution in [2.75, 3.05) is 13.2 Å². The molecule has 0 bridgehead atoms. The first-order valence-corrected chi connectivity index (χ1v) is 9.40. The van der Waals surface area contributed by atoms with Crippen LogP contribution >= 0.6 is 34.8 Å². The standard InChI is InChI=1S/C18H20Cl3N3O2/c1-3-7-25-14-9-13(10-15(11-14)26-8-4-2)5-6-16-22-12-23-17(24-16)18(19,20)21/h5-6,9-12H,3-4,7-8H2,1-2H3. The Hall–Kier alpha value is -1.56. The lowest BCUT2D eigenvalue weighted by atomic mass is 10.2. The Bertz CT molecular complexity index is 722. The molecule has 0 unspecified atom stereocenters. The second-order valence-electron chi connectivity index (χ2n) is 5.43. The van der Waals surface area contributed by atoms with E-state index in [-0.39, 0.29) is 5.82 Å². The van der Waals surface area contributed by atoms with Crippen molar-refractivity contribution in [3.8, 4) is 11.5 Å². The first-order chi connectivity index (χ1) is 12.4. The van der Waals surface area contributed by atoms with E-state index < -0.39 is 3.79 Å². The molecule has 8 heteroatoms. The lowest BCUT2D eigenvalue weighted by Crippen LogP contribution is -2.08. The van der Waals surface area contributed by atoms with E-state index >= 15 is 0 Å². The van der Waals surface area contributed by atoms with Crippen LogP contribution in [0.5, 0.6) is 11.5 Å². The molecule has 0 N–H and O–H groups in total. The van der Waals surface area contributed by atoms with Gasteiger partial charge in [-0.25, -0.2) is 15.0 Å². The highest BCUT2D eigenvalue weighted by Crippen LogP contribution is 2.35. The Morgan fingerprint density at radius 1 is 0.923 bits per heavy atom. The summed E-state index contributed by atoms with van der Waals surface area (Å²) in [4.78, 5) is 12.1. The zero-order valence-corrected chi connectivity index (χ0v) is 16.9. The van der Waals surface area contributed by atoms with Crippen LogP contribution in [0.25, 0.3) is 12.2 Å².